The molecule has 0 aliphatic rings. The number of carbonyl (C=O) groups excluding carboxylic acids is 1. The standard InChI is InChI=1S/C19H22N3O4PS3/c1-3-13-30-27(28,29-4-2)26-18-8-6-5-7-16(18)14-20-21-19(23)15-9-11-17(12-10-15)22(24)25/h5-12,14H,3-4,13H2,1-2H3,(H,21,23). The van der Waals surface area contributed by atoms with Gasteiger partial charge in [0.1, 0.15) is 5.75 Å². The smallest absolute Gasteiger partial charge is 0.271 e. The molecular formula is C19H22N3O4PS3. The molecule has 0 fully saturated rings. The molecule has 7 nitrogen and oxygen atoms in total. The molecule has 2 rings (SSSR count). The Balaban J connectivity index is 2.09. The van der Waals surface area contributed by atoms with Crippen LogP contribution >= 0.6 is 27.4 Å². The van der Waals surface area contributed by atoms with Gasteiger partial charge in [-0.15, -0.1) is 0 Å². The molecule has 160 valence electrons. The predicted molar refractivity (Wildman–Crippen MR) is 130 cm³/mol. The summed E-state index contributed by atoms with van der Waals surface area (Å²) in [4.78, 5) is 22.4. The van der Waals surface area contributed by atoms with Crippen molar-refractivity contribution >= 4 is 57.0 Å². The van der Waals surface area contributed by atoms with Gasteiger partial charge in [-0.2, -0.15) is 5.10 Å². The number of hydrogen-bond donors (Lipinski definition) is 1. The van der Waals surface area contributed by atoms with Crippen LogP contribution in [-0.2, 0) is 11.8 Å². The zero-order valence-corrected chi connectivity index (χ0v) is 19.9. The van der Waals surface area contributed by atoms with Gasteiger partial charge in [0.2, 0.25) is 4.67 Å². The lowest BCUT2D eigenvalue weighted by molar-refractivity contribution is -0.384. The Labute approximate surface area is 188 Å². The van der Waals surface area contributed by atoms with Gasteiger partial charge in [0, 0.05) is 29.0 Å². The molecule has 0 saturated heterocycles. The second kappa shape index (κ2) is 12.1. The molecule has 0 bridgehead atoms. The third-order valence-electron chi connectivity index (χ3n) is 3.58. The normalized spacial score (nSPS) is 13.0. The molecular weight excluding hydrogens is 461 g/mol. The van der Waals surface area contributed by atoms with Gasteiger partial charge in [-0.05, 0) is 48.2 Å². The average Bonchev–Trinajstić information content (AvgIpc) is 2.73. The van der Waals surface area contributed by atoms with Gasteiger partial charge in [0.25, 0.3) is 11.6 Å². The van der Waals surface area contributed by atoms with Crippen LogP contribution in [0.25, 0.3) is 0 Å². The molecule has 0 spiro atoms. The summed E-state index contributed by atoms with van der Waals surface area (Å²) in [6.07, 6.45) is 2.52. The molecule has 1 atom stereocenters. The van der Waals surface area contributed by atoms with Crippen LogP contribution in [0.4, 0.5) is 5.69 Å². The molecule has 11 heteroatoms. The number of carbonyl (C=O) groups is 1. The minimum Gasteiger partial charge on any atom is -0.447 e. The summed E-state index contributed by atoms with van der Waals surface area (Å²) in [5.41, 5.74) is 3.31. The molecule has 0 saturated carbocycles. The van der Waals surface area contributed by atoms with Crippen molar-refractivity contribution in [1.29, 1.82) is 0 Å². The number of para-hydroxylation sites is 1. The monoisotopic (exact) mass is 483 g/mol. The maximum Gasteiger partial charge on any atom is 0.271 e. The second-order valence-corrected chi connectivity index (χ2v) is 16.7. The highest BCUT2D eigenvalue weighted by atomic mass is 33.2. The van der Waals surface area contributed by atoms with Crippen LogP contribution in [0.3, 0.4) is 0 Å². The molecule has 0 aliphatic heterocycles. The number of hydrogen-bond acceptors (Lipinski definition) is 8. The number of nitrogens with zero attached hydrogens (tertiary/aromatic N) is 2. The minimum atomic E-state index is -2.13. The van der Waals surface area contributed by atoms with Crippen LogP contribution in [0.2, 0.25) is 0 Å². The SMILES string of the molecule is CCCSP(=S)(Oc1ccccc1C=NNC(=O)c1ccc([N+](=O)[O-])cc1)SCC. The maximum absolute atomic E-state index is 12.2. The van der Waals surface area contributed by atoms with Crippen LogP contribution < -0.4 is 9.95 Å². The summed E-state index contributed by atoms with van der Waals surface area (Å²) in [5, 5.41) is 14.7. The summed E-state index contributed by atoms with van der Waals surface area (Å²) < 4.78 is 4.10. The fourth-order valence-corrected chi connectivity index (χ4v) is 10.9. The number of benzene rings is 2. The van der Waals surface area contributed by atoms with E-state index >= 15 is 0 Å². The van der Waals surface area contributed by atoms with E-state index in [1.165, 1.54) is 30.5 Å². The van der Waals surface area contributed by atoms with Gasteiger partial charge in [-0.25, -0.2) is 5.43 Å². The first-order valence-electron chi connectivity index (χ1n) is 9.14. The first-order chi connectivity index (χ1) is 14.4. The predicted octanol–water partition coefficient (Wildman–Crippen LogP) is 5.86. The highest BCUT2D eigenvalue weighted by molar-refractivity contribution is 8.99. The van der Waals surface area contributed by atoms with Crippen molar-refractivity contribution in [3.05, 3.63) is 69.8 Å². The van der Waals surface area contributed by atoms with Gasteiger partial charge in [-0.1, -0.05) is 48.7 Å². The minimum absolute atomic E-state index is 0.0808. The highest BCUT2D eigenvalue weighted by Gasteiger charge is 2.21. The fraction of sp³-hybridized carbons (Fsp3) is 0.263. The molecule has 0 heterocycles. The Morgan fingerprint density at radius 1 is 1.23 bits per heavy atom. The van der Waals surface area contributed by atoms with E-state index < -0.39 is 15.5 Å². The molecule has 0 aliphatic carbocycles. The van der Waals surface area contributed by atoms with Crippen molar-refractivity contribution in [3.8, 4) is 5.75 Å². The number of rotatable bonds is 11. The van der Waals surface area contributed by atoms with Crippen LogP contribution in [-0.4, -0.2) is 28.6 Å². The van der Waals surface area contributed by atoms with Gasteiger partial charge >= 0.3 is 0 Å². The summed E-state index contributed by atoms with van der Waals surface area (Å²) in [6.45, 7) is 4.17. The third kappa shape index (κ3) is 7.43. The van der Waals surface area contributed by atoms with Gasteiger partial charge in [0.05, 0.1) is 11.1 Å². The van der Waals surface area contributed by atoms with Crippen LogP contribution in [0.1, 0.15) is 36.2 Å². The van der Waals surface area contributed by atoms with Gasteiger partial charge in [-0.3, -0.25) is 14.9 Å². The Morgan fingerprint density at radius 2 is 1.93 bits per heavy atom. The van der Waals surface area contributed by atoms with E-state index in [-0.39, 0.29) is 11.3 Å². The molecule has 1 unspecified atom stereocenters. The Hall–Kier alpha value is -1.87. The topological polar surface area (TPSA) is 93.8 Å². The molecule has 1 amide bonds. The first-order valence-corrected chi connectivity index (χ1v) is 15.0. The largest absolute Gasteiger partial charge is 0.447 e. The van der Waals surface area contributed by atoms with Crippen molar-refractivity contribution in [2.75, 3.05) is 11.5 Å². The first kappa shape index (κ1) is 24.4. The van der Waals surface area contributed by atoms with Crippen LogP contribution in [0, 0.1) is 10.1 Å². The number of non-ortho nitro benzene ring substituents is 1. The highest BCUT2D eigenvalue weighted by Crippen LogP contribution is 2.69. The number of nitro benzene ring substituents is 1. The molecule has 2 aromatic rings. The van der Waals surface area contributed by atoms with Crippen LogP contribution in [0.5, 0.6) is 5.75 Å². The average molecular weight is 484 g/mol. The number of amides is 1. The summed E-state index contributed by atoms with van der Waals surface area (Å²) in [5.74, 6) is 1.96. The van der Waals surface area contributed by atoms with Gasteiger partial charge < -0.3 is 4.52 Å². The number of nitrogens with one attached hydrogen (secondary N) is 1. The summed E-state index contributed by atoms with van der Waals surface area (Å²) >= 11 is 9.15. The van der Waals surface area contributed by atoms with Gasteiger partial charge in [0.15, 0.2) is 0 Å². The van der Waals surface area contributed by atoms with E-state index in [9.17, 15) is 14.9 Å². The quantitative estimate of drug-likeness (QED) is 0.185. The van der Waals surface area contributed by atoms with E-state index in [1.54, 1.807) is 22.8 Å². The Bertz CT molecular complexity index is 954. The Morgan fingerprint density at radius 3 is 2.57 bits per heavy atom. The van der Waals surface area contributed by atoms with E-state index in [1.807, 2.05) is 24.3 Å². The van der Waals surface area contributed by atoms with E-state index in [0.29, 0.717) is 11.3 Å². The van der Waals surface area contributed by atoms with E-state index in [4.69, 9.17) is 16.3 Å². The third-order valence-corrected chi connectivity index (χ3v) is 13.2. The lowest BCUT2D eigenvalue weighted by Crippen LogP contribution is -2.17. The summed E-state index contributed by atoms with van der Waals surface area (Å²) in [7, 11) is 0. The van der Waals surface area contributed by atoms with Crippen molar-refractivity contribution in [2.45, 2.75) is 20.3 Å². The molecule has 0 radical (unpaired) electrons. The second-order valence-electron chi connectivity index (χ2n) is 5.83. The Kier molecular flexibility index (Phi) is 9.84. The summed E-state index contributed by atoms with van der Waals surface area (Å²) in [6, 6.07) is 12.7. The zero-order valence-electron chi connectivity index (χ0n) is 16.5. The number of nitro groups is 1. The van der Waals surface area contributed by atoms with Crippen molar-refractivity contribution in [2.24, 2.45) is 5.10 Å². The van der Waals surface area contributed by atoms with Crippen molar-refractivity contribution < 1.29 is 14.2 Å². The zero-order chi connectivity index (χ0) is 22.0. The lowest BCUT2D eigenvalue weighted by atomic mass is 10.2. The van der Waals surface area contributed by atoms with E-state index in [2.05, 4.69) is 24.4 Å². The molecule has 1 N–H and O–H groups in total. The van der Waals surface area contributed by atoms with Crippen LogP contribution in [0.15, 0.2) is 53.6 Å². The van der Waals surface area contributed by atoms with E-state index in [0.717, 1.165) is 17.9 Å². The molecule has 30 heavy (non-hydrogen) atoms. The van der Waals surface area contributed by atoms with Crippen molar-refractivity contribution in [1.82, 2.24) is 5.43 Å². The van der Waals surface area contributed by atoms with Crippen molar-refractivity contribution in [3.63, 3.8) is 0 Å². The molecule has 2 aromatic carbocycles. The number of hydrazone groups is 1. The molecule has 0 aromatic heterocycles. The lowest BCUT2D eigenvalue weighted by Gasteiger charge is -2.22. The fourth-order valence-electron chi connectivity index (χ4n) is 2.20. The maximum atomic E-state index is 12.2.